The summed E-state index contributed by atoms with van der Waals surface area (Å²) in [6, 6.07) is 15.3. The van der Waals surface area contributed by atoms with Crippen LogP contribution in [0, 0.1) is 6.92 Å². The maximum absolute atomic E-state index is 12.7. The second-order valence-corrected chi connectivity index (χ2v) is 6.80. The first-order chi connectivity index (χ1) is 11.1. The lowest BCUT2D eigenvalue weighted by molar-refractivity contribution is -0.113. The quantitative estimate of drug-likeness (QED) is 0.611. The Kier molecular flexibility index (Phi) is 4.50. The molecule has 1 saturated heterocycles. The monoisotopic (exact) mass is 341 g/mol. The van der Waals surface area contributed by atoms with Crippen molar-refractivity contribution < 1.29 is 9.53 Å². The van der Waals surface area contributed by atoms with E-state index in [0.29, 0.717) is 9.23 Å². The number of carbonyl (C=O) groups is 1. The van der Waals surface area contributed by atoms with Crippen molar-refractivity contribution in [3.05, 3.63) is 64.6 Å². The maximum atomic E-state index is 12.7. The van der Waals surface area contributed by atoms with Gasteiger partial charge in [-0.25, -0.2) is 0 Å². The molecule has 3 rings (SSSR count). The Morgan fingerprint density at radius 1 is 1.09 bits per heavy atom. The third-order valence-corrected chi connectivity index (χ3v) is 4.80. The Morgan fingerprint density at radius 3 is 2.35 bits per heavy atom. The van der Waals surface area contributed by atoms with Crippen molar-refractivity contribution in [2.24, 2.45) is 0 Å². The number of aryl methyl sites for hydroxylation is 1. The molecule has 1 aliphatic rings. The van der Waals surface area contributed by atoms with E-state index in [9.17, 15) is 4.79 Å². The lowest BCUT2D eigenvalue weighted by Gasteiger charge is -2.14. The highest BCUT2D eigenvalue weighted by molar-refractivity contribution is 8.27. The van der Waals surface area contributed by atoms with Gasteiger partial charge < -0.3 is 4.74 Å². The van der Waals surface area contributed by atoms with E-state index in [1.807, 2.05) is 61.5 Å². The third kappa shape index (κ3) is 3.30. The number of hydrogen-bond acceptors (Lipinski definition) is 4. The highest BCUT2D eigenvalue weighted by atomic mass is 32.2. The highest BCUT2D eigenvalue weighted by Gasteiger charge is 2.33. The smallest absolute Gasteiger partial charge is 0.270 e. The minimum atomic E-state index is -0.0919. The van der Waals surface area contributed by atoms with Crippen LogP contribution in [-0.2, 0) is 4.79 Å². The largest absolute Gasteiger partial charge is 0.497 e. The summed E-state index contributed by atoms with van der Waals surface area (Å²) in [4.78, 5) is 14.8. The summed E-state index contributed by atoms with van der Waals surface area (Å²) >= 11 is 6.69. The fourth-order valence-electron chi connectivity index (χ4n) is 2.24. The molecule has 116 valence electrons. The predicted molar refractivity (Wildman–Crippen MR) is 99.8 cm³/mol. The van der Waals surface area contributed by atoms with E-state index in [-0.39, 0.29) is 5.91 Å². The van der Waals surface area contributed by atoms with E-state index in [4.69, 9.17) is 17.0 Å². The van der Waals surface area contributed by atoms with Gasteiger partial charge in [-0.2, -0.15) is 0 Å². The zero-order valence-electron chi connectivity index (χ0n) is 12.8. The fourth-order valence-corrected chi connectivity index (χ4v) is 3.53. The van der Waals surface area contributed by atoms with Crippen LogP contribution in [0.25, 0.3) is 6.08 Å². The minimum absolute atomic E-state index is 0.0919. The summed E-state index contributed by atoms with van der Waals surface area (Å²) in [7, 11) is 1.61. The van der Waals surface area contributed by atoms with Crippen molar-refractivity contribution in [2.45, 2.75) is 6.92 Å². The number of amides is 1. The van der Waals surface area contributed by atoms with Crippen LogP contribution in [0.3, 0.4) is 0 Å². The Morgan fingerprint density at radius 2 is 1.74 bits per heavy atom. The molecule has 2 aromatic rings. The summed E-state index contributed by atoms with van der Waals surface area (Å²) in [5.41, 5.74) is 2.93. The van der Waals surface area contributed by atoms with E-state index < -0.39 is 0 Å². The van der Waals surface area contributed by atoms with E-state index in [1.165, 1.54) is 17.3 Å². The molecule has 1 heterocycles. The molecule has 0 aliphatic carbocycles. The second-order valence-electron chi connectivity index (χ2n) is 5.13. The zero-order valence-corrected chi connectivity index (χ0v) is 14.4. The van der Waals surface area contributed by atoms with E-state index in [0.717, 1.165) is 17.0 Å². The molecule has 0 unspecified atom stereocenters. The summed E-state index contributed by atoms with van der Waals surface area (Å²) in [5, 5.41) is 0. The van der Waals surface area contributed by atoms with Gasteiger partial charge in [0.1, 0.15) is 5.75 Å². The molecule has 0 spiro atoms. The molecule has 0 atom stereocenters. The zero-order chi connectivity index (χ0) is 16.4. The normalized spacial score (nSPS) is 16.3. The van der Waals surface area contributed by atoms with Crippen LogP contribution >= 0.6 is 24.0 Å². The van der Waals surface area contributed by atoms with Crippen molar-refractivity contribution in [1.82, 2.24) is 0 Å². The molecule has 0 bridgehead atoms. The van der Waals surface area contributed by atoms with Gasteiger partial charge in [-0.3, -0.25) is 9.69 Å². The predicted octanol–water partition coefficient (Wildman–Crippen LogP) is 4.41. The van der Waals surface area contributed by atoms with Gasteiger partial charge in [0.15, 0.2) is 4.32 Å². The standard InChI is InChI=1S/C18H15NO2S2/c1-12-3-5-13(6-4-12)11-16-17(20)19(18(22)23-16)14-7-9-15(21-2)10-8-14/h3-11H,1-2H3/b16-11-. The van der Waals surface area contributed by atoms with Crippen molar-refractivity contribution in [1.29, 1.82) is 0 Å². The topological polar surface area (TPSA) is 29.5 Å². The number of ether oxygens (including phenoxy) is 1. The number of anilines is 1. The van der Waals surface area contributed by atoms with Crippen molar-refractivity contribution in [3.63, 3.8) is 0 Å². The van der Waals surface area contributed by atoms with E-state index in [2.05, 4.69) is 0 Å². The van der Waals surface area contributed by atoms with Crippen LogP contribution in [0.4, 0.5) is 5.69 Å². The van der Waals surface area contributed by atoms with Gasteiger partial charge in [0.05, 0.1) is 17.7 Å². The molecular formula is C18H15NO2S2. The SMILES string of the molecule is COc1ccc(N2C(=O)/C(=C/c3ccc(C)cc3)SC2=S)cc1. The van der Waals surface area contributed by atoms with Gasteiger partial charge >= 0.3 is 0 Å². The number of benzene rings is 2. The van der Waals surface area contributed by atoms with E-state index >= 15 is 0 Å². The van der Waals surface area contributed by atoms with Crippen LogP contribution in [0.5, 0.6) is 5.75 Å². The van der Waals surface area contributed by atoms with Crippen LogP contribution in [0.2, 0.25) is 0 Å². The third-order valence-electron chi connectivity index (χ3n) is 3.50. The summed E-state index contributed by atoms with van der Waals surface area (Å²) in [6.07, 6.45) is 1.88. The maximum Gasteiger partial charge on any atom is 0.270 e. The first-order valence-electron chi connectivity index (χ1n) is 7.07. The number of thioether (sulfide) groups is 1. The Bertz CT molecular complexity index is 780. The Balaban J connectivity index is 1.88. The summed E-state index contributed by atoms with van der Waals surface area (Å²) in [5.74, 6) is 0.653. The minimum Gasteiger partial charge on any atom is -0.497 e. The summed E-state index contributed by atoms with van der Waals surface area (Å²) < 4.78 is 5.68. The number of thiocarbonyl (C=S) groups is 1. The van der Waals surface area contributed by atoms with Crippen LogP contribution in [-0.4, -0.2) is 17.3 Å². The van der Waals surface area contributed by atoms with Crippen LogP contribution in [0.1, 0.15) is 11.1 Å². The van der Waals surface area contributed by atoms with Gasteiger partial charge in [-0.15, -0.1) is 0 Å². The van der Waals surface area contributed by atoms with Gasteiger partial charge in [-0.05, 0) is 42.8 Å². The van der Waals surface area contributed by atoms with Gasteiger partial charge in [0.25, 0.3) is 5.91 Å². The molecule has 2 aromatic carbocycles. The van der Waals surface area contributed by atoms with Gasteiger partial charge in [-0.1, -0.05) is 53.8 Å². The Labute approximate surface area is 144 Å². The molecule has 0 radical (unpaired) electrons. The Hall–Kier alpha value is -2.11. The number of nitrogens with zero attached hydrogens (tertiary/aromatic N) is 1. The average Bonchev–Trinajstić information content (AvgIpc) is 2.84. The highest BCUT2D eigenvalue weighted by Crippen LogP contribution is 2.36. The molecule has 1 fully saturated rings. The van der Waals surface area contributed by atoms with Gasteiger partial charge in [0.2, 0.25) is 0 Å². The van der Waals surface area contributed by atoms with Crippen LogP contribution < -0.4 is 9.64 Å². The summed E-state index contributed by atoms with van der Waals surface area (Å²) in [6.45, 7) is 2.03. The molecule has 0 N–H and O–H groups in total. The first kappa shape index (κ1) is 15.8. The molecule has 1 amide bonds. The molecule has 3 nitrogen and oxygen atoms in total. The number of hydrogen-bond donors (Lipinski definition) is 0. The van der Waals surface area contributed by atoms with Crippen molar-refractivity contribution in [3.8, 4) is 5.75 Å². The average molecular weight is 341 g/mol. The molecule has 5 heteroatoms. The fraction of sp³-hybridized carbons (Fsp3) is 0.111. The second kappa shape index (κ2) is 6.56. The lowest BCUT2D eigenvalue weighted by atomic mass is 10.1. The number of rotatable bonds is 3. The van der Waals surface area contributed by atoms with Crippen LogP contribution in [0.15, 0.2) is 53.4 Å². The molecule has 0 aromatic heterocycles. The van der Waals surface area contributed by atoms with Crippen molar-refractivity contribution in [2.75, 3.05) is 12.0 Å². The van der Waals surface area contributed by atoms with E-state index in [1.54, 1.807) is 12.0 Å². The molecular weight excluding hydrogens is 326 g/mol. The molecule has 1 aliphatic heterocycles. The number of methoxy groups -OCH3 is 1. The first-order valence-corrected chi connectivity index (χ1v) is 8.29. The number of carbonyl (C=O) groups excluding carboxylic acids is 1. The molecule has 23 heavy (non-hydrogen) atoms. The lowest BCUT2D eigenvalue weighted by Crippen LogP contribution is -2.27. The van der Waals surface area contributed by atoms with Gasteiger partial charge in [0, 0.05) is 0 Å². The van der Waals surface area contributed by atoms with Crippen molar-refractivity contribution >= 4 is 46.0 Å². The molecule has 0 saturated carbocycles.